The van der Waals surface area contributed by atoms with Gasteiger partial charge in [-0.2, -0.15) is 0 Å². The van der Waals surface area contributed by atoms with E-state index in [4.69, 9.17) is 15.6 Å². The molecule has 20 heavy (non-hydrogen) atoms. The second kappa shape index (κ2) is 5.96. The van der Waals surface area contributed by atoms with Crippen molar-refractivity contribution in [3.05, 3.63) is 18.2 Å². The number of sulfonamides is 1. The molecule has 0 aromatic heterocycles. The smallest absolute Gasteiger partial charge is 0.240 e. The Labute approximate surface area is 118 Å². The number of hydrogen-bond acceptors (Lipinski definition) is 6. The Morgan fingerprint density at radius 2 is 2.30 bits per heavy atom. The van der Waals surface area contributed by atoms with Crippen LogP contribution in [0.15, 0.2) is 23.1 Å². The summed E-state index contributed by atoms with van der Waals surface area (Å²) in [5.41, 5.74) is 7.09. The van der Waals surface area contributed by atoms with Gasteiger partial charge in [-0.1, -0.05) is 0 Å². The van der Waals surface area contributed by atoms with Gasteiger partial charge in [0.15, 0.2) is 0 Å². The van der Waals surface area contributed by atoms with Crippen LogP contribution in [-0.4, -0.2) is 53.0 Å². The molecule has 0 amide bonds. The average Bonchev–Trinajstić information content (AvgIpc) is 2.47. The number of aliphatic hydroxyl groups is 1. The van der Waals surface area contributed by atoms with Crippen LogP contribution in [0, 0.1) is 0 Å². The van der Waals surface area contributed by atoms with Gasteiger partial charge in [0.05, 0.1) is 35.6 Å². The molecule has 1 fully saturated rings. The summed E-state index contributed by atoms with van der Waals surface area (Å²) in [6, 6.07) is 4.63. The van der Waals surface area contributed by atoms with Gasteiger partial charge in [0, 0.05) is 13.1 Å². The van der Waals surface area contributed by atoms with Crippen molar-refractivity contribution in [1.29, 1.82) is 0 Å². The molecule has 1 aromatic rings. The second-order valence-electron chi connectivity index (χ2n) is 4.55. The number of aliphatic hydroxyl groups excluding tert-OH is 1. The van der Waals surface area contributed by atoms with Crippen LogP contribution in [0.5, 0.6) is 0 Å². The molecule has 0 spiro atoms. The zero-order valence-corrected chi connectivity index (χ0v) is 12.1. The molecule has 1 aliphatic heterocycles. The topological polar surface area (TPSA) is 105 Å². The van der Waals surface area contributed by atoms with E-state index in [1.54, 1.807) is 6.07 Å². The quantitative estimate of drug-likeness (QED) is 0.640. The normalized spacial score (nSPS) is 20.1. The Morgan fingerprint density at radius 1 is 1.55 bits per heavy atom. The number of anilines is 2. The number of hydrogen-bond donors (Lipinski definition) is 3. The van der Waals surface area contributed by atoms with Crippen molar-refractivity contribution >= 4 is 21.4 Å². The summed E-state index contributed by atoms with van der Waals surface area (Å²) in [7, 11) is -2.14. The maximum Gasteiger partial charge on any atom is 0.240 e. The van der Waals surface area contributed by atoms with Gasteiger partial charge in [-0.3, -0.25) is 0 Å². The lowest BCUT2D eigenvalue weighted by molar-refractivity contribution is 0.00360. The summed E-state index contributed by atoms with van der Waals surface area (Å²) in [6.07, 6.45) is -0.246. The molecule has 1 atom stereocenters. The lowest BCUT2D eigenvalue weighted by Crippen LogP contribution is -2.44. The summed E-state index contributed by atoms with van der Waals surface area (Å²) in [5.74, 6) is 0. The highest BCUT2D eigenvalue weighted by molar-refractivity contribution is 7.89. The summed E-state index contributed by atoms with van der Waals surface area (Å²) < 4.78 is 31.0. The fourth-order valence-corrected chi connectivity index (χ4v) is 2.92. The molecule has 1 saturated heterocycles. The molecule has 1 heterocycles. The van der Waals surface area contributed by atoms with Crippen LogP contribution in [0.3, 0.4) is 0 Å². The Hall–Kier alpha value is -1.35. The van der Waals surface area contributed by atoms with Gasteiger partial charge in [-0.05, 0) is 25.2 Å². The van der Waals surface area contributed by atoms with Crippen molar-refractivity contribution in [3.8, 4) is 0 Å². The minimum absolute atomic E-state index is 0.0530. The molecule has 7 nitrogen and oxygen atoms in total. The Morgan fingerprint density at radius 3 is 2.90 bits per heavy atom. The Balaban J connectivity index is 2.26. The lowest BCUT2D eigenvalue weighted by atomic mass is 10.2. The standard InChI is InChI=1S/C12H19N3O4S/c1-14-20(17,18)10-2-3-12(11(13)6-10)15-4-5-19-9(7-15)8-16/h2-3,6,9,14,16H,4-5,7-8,13H2,1H3. The zero-order valence-electron chi connectivity index (χ0n) is 11.2. The summed E-state index contributed by atoms with van der Waals surface area (Å²) in [5, 5.41) is 9.14. The average molecular weight is 301 g/mol. The molecular weight excluding hydrogens is 282 g/mol. The number of rotatable bonds is 4. The largest absolute Gasteiger partial charge is 0.397 e. The zero-order chi connectivity index (χ0) is 14.8. The van der Waals surface area contributed by atoms with E-state index in [0.717, 1.165) is 5.69 Å². The van der Waals surface area contributed by atoms with Gasteiger partial charge in [-0.15, -0.1) is 0 Å². The van der Waals surface area contributed by atoms with Gasteiger partial charge in [0.1, 0.15) is 0 Å². The number of nitrogens with zero attached hydrogens (tertiary/aromatic N) is 1. The van der Waals surface area contributed by atoms with Gasteiger partial charge < -0.3 is 20.5 Å². The molecule has 0 saturated carbocycles. The summed E-state index contributed by atoms with van der Waals surface area (Å²) in [6.45, 7) is 1.63. The van der Waals surface area contributed by atoms with E-state index < -0.39 is 10.0 Å². The van der Waals surface area contributed by atoms with Crippen molar-refractivity contribution in [2.75, 3.05) is 44.0 Å². The minimum atomic E-state index is -3.50. The minimum Gasteiger partial charge on any atom is -0.397 e. The number of nitrogen functional groups attached to an aromatic ring is 1. The number of morpholine rings is 1. The molecule has 0 bridgehead atoms. The van der Waals surface area contributed by atoms with Crippen LogP contribution in [0.2, 0.25) is 0 Å². The molecule has 0 aliphatic carbocycles. The number of nitrogens with two attached hydrogens (primary N) is 1. The molecule has 1 aromatic carbocycles. The van der Waals surface area contributed by atoms with Crippen molar-refractivity contribution < 1.29 is 18.3 Å². The SMILES string of the molecule is CNS(=O)(=O)c1ccc(N2CCOC(CO)C2)c(N)c1. The summed E-state index contributed by atoms with van der Waals surface area (Å²) >= 11 is 0. The Bertz CT molecular complexity index is 576. The summed E-state index contributed by atoms with van der Waals surface area (Å²) in [4.78, 5) is 2.11. The Kier molecular flexibility index (Phi) is 4.48. The molecule has 8 heteroatoms. The third kappa shape index (κ3) is 3.04. The number of nitrogens with one attached hydrogen (secondary N) is 1. The van der Waals surface area contributed by atoms with Crippen LogP contribution in [-0.2, 0) is 14.8 Å². The maximum atomic E-state index is 11.7. The first kappa shape index (κ1) is 15.0. The van der Waals surface area contributed by atoms with E-state index in [0.29, 0.717) is 25.4 Å². The molecule has 0 radical (unpaired) electrons. The van der Waals surface area contributed by atoms with Crippen molar-refractivity contribution in [2.24, 2.45) is 0 Å². The molecule has 112 valence electrons. The lowest BCUT2D eigenvalue weighted by Gasteiger charge is -2.34. The fraction of sp³-hybridized carbons (Fsp3) is 0.500. The van der Waals surface area contributed by atoms with Crippen molar-refractivity contribution in [1.82, 2.24) is 4.72 Å². The highest BCUT2D eigenvalue weighted by atomic mass is 32.2. The maximum absolute atomic E-state index is 11.7. The third-order valence-electron chi connectivity index (χ3n) is 3.26. The van der Waals surface area contributed by atoms with E-state index in [1.807, 2.05) is 4.90 Å². The second-order valence-corrected chi connectivity index (χ2v) is 6.44. The fourth-order valence-electron chi connectivity index (χ4n) is 2.15. The predicted octanol–water partition coefficient (Wildman–Crippen LogP) is -0.626. The van der Waals surface area contributed by atoms with E-state index in [2.05, 4.69) is 4.72 Å². The van der Waals surface area contributed by atoms with Crippen molar-refractivity contribution in [3.63, 3.8) is 0 Å². The highest BCUT2D eigenvalue weighted by Gasteiger charge is 2.22. The van der Waals surface area contributed by atoms with Gasteiger partial charge >= 0.3 is 0 Å². The predicted molar refractivity (Wildman–Crippen MR) is 76.1 cm³/mol. The van der Waals surface area contributed by atoms with E-state index in [9.17, 15) is 8.42 Å². The van der Waals surface area contributed by atoms with Crippen LogP contribution < -0.4 is 15.4 Å². The third-order valence-corrected chi connectivity index (χ3v) is 4.67. The van der Waals surface area contributed by atoms with Crippen molar-refractivity contribution in [2.45, 2.75) is 11.0 Å². The monoisotopic (exact) mass is 301 g/mol. The number of ether oxygens (including phenoxy) is 1. The van der Waals surface area contributed by atoms with Gasteiger partial charge in [-0.25, -0.2) is 13.1 Å². The first-order valence-electron chi connectivity index (χ1n) is 6.28. The van der Waals surface area contributed by atoms with Crippen LogP contribution in [0.1, 0.15) is 0 Å². The van der Waals surface area contributed by atoms with Gasteiger partial charge in [0.2, 0.25) is 10.0 Å². The number of benzene rings is 1. The van der Waals surface area contributed by atoms with Crippen LogP contribution in [0.4, 0.5) is 11.4 Å². The van der Waals surface area contributed by atoms with E-state index >= 15 is 0 Å². The molecule has 4 N–H and O–H groups in total. The molecule has 1 unspecified atom stereocenters. The highest BCUT2D eigenvalue weighted by Crippen LogP contribution is 2.27. The molecule has 2 rings (SSSR count). The van der Waals surface area contributed by atoms with E-state index in [1.165, 1.54) is 19.2 Å². The first-order chi connectivity index (χ1) is 9.47. The van der Waals surface area contributed by atoms with Crippen LogP contribution >= 0.6 is 0 Å². The molecular formula is C12H19N3O4S. The van der Waals surface area contributed by atoms with E-state index in [-0.39, 0.29) is 17.6 Å². The van der Waals surface area contributed by atoms with Crippen LogP contribution in [0.25, 0.3) is 0 Å². The first-order valence-corrected chi connectivity index (χ1v) is 7.76. The molecule has 1 aliphatic rings. The van der Waals surface area contributed by atoms with Gasteiger partial charge in [0.25, 0.3) is 0 Å².